The third kappa shape index (κ3) is 9.41. The van der Waals surface area contributed by atoms with Crippen LogP contribution in [-0.4, -0.2) is 43.2 Å². The Morgan fingerprint density at radius 2 is 1.68 bits per heavy atom. The van der Waals surface area contributed by atoms with Crippen molar-refractivity contribution in [3.05, 3.63) is 26.6 Å². The molecule has 0 aromatic heterocycles. The Hall–Kier alpha value is -1.81. The first kappa shape index (κ1) is 24.2. The van der Waals surface area contributed by atoms with Gasteiger partial charge < -0.3 is 25.8 Å². The second-order valence-electron chi connectivity index (χ2n) is 6.89. The Bertz CT molecular complexity index is 697. The van der Waals surface area contributed by atoms with Crippen molar-refractivity contribution in [2.24, 2.45) is 5.73 Å². The van der Waals surface area contributed by atoms with Gasteiger partial charge in [-0.15, -0.1) is 0 Å². The maximum absolute atomic E-state index is 11.7. The SMILES string of the molecule is CC(C)(C)OC(=O)NCCc1cc(Br)c(OCCCNC(=O)C(N)=O)c(Br)c1. The number of primary amides is 1. The first-order valence-corrected chi connectivity index (χ1v) is 10.2. The molecule has 28 heavy (non-hydrogen) atoms. The van der Waals surface area contributed by atoms with Gasteiger partial charge in [0.2, 0.25) is 0 Å². The van der Waals surface area contributed by atoms with Crippen molar-refractivity contribution in [2.75, 3.05) is 19.7 Å². The Balaban J connectivity index is 2.46. The van der Waals surface area contributed by atoms with Crippen molar-refractivity contribution in [1.29, 1.82) is 0 Å². The highest BCUT2D eigenvalue weighted by molar-refractivity contribution is 9.11. The van der Waals surface area contributed by atoms with Crippen LogP contribution in [0, 0.1) is 0 Å². The summed E-state index contributed by atoms with van der Waals surface area (Å²) in [5, 5.41) is 5.11. The lowest BCUT2D eigenvalue weighted by atomic mass is 10.1. The molecule has 0 saturated heterocycles. The number of hydrogen-bond acceptors (Lipinski definition) is 5. The van der Waals surface area contributed by atoms with E-state index in [1.807, 2.05) is 32.9 Å². The zero-order valence-corrected chi connectivity index (χ0v) is 19.2. The van der Waals surface area contributed by atoms with Crippen molar-refractivity contribution in [1.82, 2.24) is 10.6 Å². The molecule has 0 bridgehead atoms. The van der Waals surface area contributed by atoms with Gasteiger partial charge in [0.05, 0.1) is 15.6 Å². The van der Waals surface area contributed by atoms with Gasteiger partial charge in [-0.05, 0) is 83.2 Å². The second-order valence-corrected chi connectivity index (χ2v) is 8.60. The summed E-state index contributed by atoms with van der Waals surface area (Å²) >= 11 is 6.94. The molecule has 10 heteroatoms. The number of amides is 3. The lowest BCUT2D eigenvalue weighted by Crippen LogP contribution is -2.36. The summed E-state index contributed by atoms with van der Waals surface area (Å²) in [7, 11) is 0. The molecule has 1 aromatic rings. The van der Waals surface area contributed by atoms with Gasteiger partial charge in [0.1, 0.15) is 11.4 Å². The van der Waals surface area contributed by atoms with Crippen LogP contribution in [-0.2, 0) is 20.7 Å². The summed E-state index contributed by atoms with van der Waals surface area (Å²) in [4.78, 5) is 33.3. The molecule has 0 aliphatic heterocycles. The second kappa shape index (κ2) is 11.3. The largest absolute Gasteiger partial charge is 0.491 e. The minimum Gasteiger partial charge on any atom is -0.491 e. The zero-order chi connectivity index (χ0) is 21.3. The predicted octanol–water partition coefficient (Wildman–Crippen LogP) is 2.65. The van der Waals surface area contributed by atoms with E-state index >= 15 is 0 Å². The molecule has 0 atom stereocenters. The number of carbonyl (C=O) groups is 3. The molecule has 0 fully saturated rings. The monoisotopic (exact) mass is 521 g/mol. The molecule has 0 saturated carbocycles. The normalized spacial score (nSPS) is 10.9. The van der Waals surface area contributed by atoms with Gasteiger partial charge in [0.15, 0.2) is 0 Å². The quantitative estimate of drug-likeness (QED) is 0.358. The number of rotatable bonds is 8. The maximum Gasteiger partial charge on any atom is 0.407 e. The average Bonchev–Trinajstić information content (AvgIpc) is 2.54. The lowest BCUT2D eigenvalue weighted by molar-refractivity contribution is -0.137. The van der Waals surface area contributed by atoms with Crippen LogP contribution in [0.25, 0.3) is 0 Å². The zero-order valence-electron chi connectivity index (χ0n) is 16.1. The molecule has 1 aromatic carbocycles. The summed E-state index contributed by atoms with van der Waals surface area (Å²) in [6.07, 6.45) is 0.684. The Kier molecular flexibility index (Phi) is 9.74. The third-order valence-electron chi connectivity index (χ3n) is 3.22. The van der Waals surface area contributed by atoms with Crippen LogP contribution in [0.1, 0.15) is 32.8 Å². The molecule has 3 amide bonds. The van der Waals surface area contributed by atoms with Crippen LogP contribution >= 0.6 is 31.9 Å². The van der Waals surface area contributed by atoms with Crippen molar-refractivity contribution in [2.45, 2.75) is 39.2 Å². The number of nitrogens with one attached hydrogen (secondary N) is 2. The highest BCUT2D eigenvalue weighted by Gasteiger charge is 2.16. The number of alkyl carbamates (subject to hydrolysis) is 1. The summed E-state index contributed by atoms with van der Waals surface area (Å²) in [6, 6.07) is 3.82. The minimum absolute atomic E-state index is 0.283. The summed E-state index contributed by atoms with van der Waals surface area (Å²) in [5.41, 5.74) is 5.32. The van der Waals surface area contributed by atoms with Gasteiger partial charge in [0.25, 0.3) is 0 Å². The van der Waals surface area contributed by atoms with E-state index in [1.165, 1.54) is 0 Å². The lowest BCUT2D eigenvalue weighted by Gasteiger charge is -2.19. The highest BCUT2D eigenvalue weighted by Crippen LogP contribution is 2.35. The van der Waals surface area contributed by atoms with E-state index in [4.69, 9.17) is 15.2 Å². The van der Waals surface area contributed by atoms with Crippen LogP contribution in [0.2, 0.25) is 0 Å². The first-order valence-electron chi connectivity index (χ1n) is 8.65. The summed E-state index contributed by atoms with van der Waals surface area (Å²) in [5.74, 6) is -1.19. The van der Waals surface area contributed by atoms with E-state index < -0.39 is 23.5 Å². The van der Waals surface area contributed by atoms with Crippen LogP contribution in [0.15, 0.2) is 21.1 Å². The van der Waals surface area contributed by atoms with Gasteiger partial charge in [-0.3, -0.25) is 9.59 Å². The van der Waals surface area contributed by atoms with Gasteiger partial charge in [-0.1, -0.05) is 0 Å². The summed E-state index contributed by atoms with van der Waals surface area (Å²) in [6.45, 7) is 6.50. The van der Waals surface area contributed by atoms with E-state index in [2.05, 4.69) is 42.5 Å². The molecule has 156 valence electrons. The van der Waals surface area contributed by atoms with Gasteiger partial charge in [-0.2, -0.15) is 0 Å². The predicted molar refractivity (Wildman–Crippen MR) is 112 cm³/mol. The molecule has 4 N–H and O–H groups in total. The van der Waals surface area contributed by atoms with Gasteiger partial charge in [-0.25, -0.2) is 4.79 Å². The molecule has 8 nitrogen and oxygen atoms in total. The number of ether oxygens (including phenoxy) is 2. The number of hydrogen-bond donors (Lipinski definition) is 3. The van der Waals surface area contributed by atoms with Crippen LogP contribution in [0.5, 0.6) is 5.75 Å². The fraction of sp³-hybridized carbons (Fsp3) is 0.500. The number of halogens is 2. The van der Waals surface area contributed by atoms with E-state index in [1.54, 1.807) is 0 Å². The molecule has 0 unspecified atom stereocenters. The Morgan fingerprint density at radius 1 is 1.07 bits per heavy atom. The minimum atomic E-state index is -1.01. The number of nitrogens with two attached hydrogens (primary N) is 1. The van der Waals surface area contributed by atoms with Crippen LogP contribution in [0.4, 0.5) is 4.79 Å². The summed E-state index contributed by atoms with van der Waals surface area (Å²) < 4.78 is 12.4. The van der Waals surface area contributed by atoms with Crippen molar-refractivity contribution >= 4 is 49.8 Å². The number of benzene rings is 1. The average molecular weight is 523 g/mol. The fourth-order valence-electron chi connectivity index (χ4n) is 2.05. The van der Waals surface area contributed by atoms with E-state index in [9.17, 15) is 14.4 Å². The standard InChI is InChI=1S/C18H25Br2N3O5/c1-18(2,3)28-17(26)23-7-5-11-9-12(19)14(13(20)10-11)27-8-4-6-22-16(25)15(21)24/h9-10H,4-8H2,1-3H3,(H2,21,24)(H,22,25)(H,23,26). The molecule has 0 spiro atoms. The first-order chi connectivity index (χ1) is 13.0. The molecule has 1 rings (SSSR count). The highest BCUT2D eigenvalue weighted by atomic mass is 79.9. The molecular weight excluding hydrogens is 498 g/mol. The van der Waals surface area contributed by atoms with E-state index in [0.29, 0.717) is 31.7 Å². The van der Waals surface area contributed by atoms with Gasteiger partial charge >= 0.3 is 17.9 Å². The number of carbonyl (C=O) groups excluding carboxylic acids is 3. The van der Waals surface area contributed by atoms with Crippen molar-refractivity contribution in [3.8, 4) is 5.75 Å². The smallest absolute Gasteiger partial charge is 0.407 e. The molecule has 0 radical (unpaired) electrons. The van der Waals surface area contributed by atoms with E-state index in [-0.39, 0.29) is 6.54 Å². The topological polar surface area (TPSA) is 120 Å². The maximum atomic E-state index is 11.7. The van der Waals surface area contributed by atoms with Gasteiger partial charge in [0, 0.05) is 13.1 Å². The van der Waals surface area contributed by atoms with E-state index in [0.717, 1.165) is 14.5 Å². The Morgan fingerprint density at radius 3 is 2.21 bits per heavy atom. The molecule has 0 aliphatic carbocycles. The molecule has 0 aliphatic rings. The Labute approximate surface area is 181 Å². The molecular formula is C18H25Br2N3O5. The fourth-order valence-corrected chi connectivity index (χ4v) is 3.56. The molecule has 0 heterocycles. The van der Waals surface area contributed by atoms with Crippen LogP contribution in [0.3, 0.4) is 0 Å². The van der Waals surface area contributed by atoms with Crippen LogP contribution < -0.4 is 21.1 Å². The van der Waals surface area contributed by atoms with Crippen molar-refractivity contribution in [3.63, 3.8) is 0 Å². The van der Waals surface area contributed by atoms with Crippen molar-refractivity contribution < 1.29 is 23.9 Å². The third-order valence-corrected chi connectivity index (χ3v) is 4.39.